The highest BCUT2D eigenvalue weighted by Crippen LogP contribution is 2.26. The number of benzene rings is 1. The summed E-state index contributed by atoms with van der Waals surface area (Å²) in [5.74, 6) is -1.18. The Hall–Kier alpha value is -2.19. The topological polar surface area (TPSA) is 85.4 Å². The van der Waals surface area contributed by atoms with Crippen molar-refractivity contribution in [1.29, 1.82) is 0 Å². The van der Waals surface area contributed by atoms with E-state index in [1.807, 2.05) is 0 Å². The van der Waals surface area contributed by atoms with E-state index in [1.54, 1.807) is 19.9 Å². The first kappa shape index (κ1) is 21.1. The van der Waals surface area contributed by atoms with Gasteiger partial charge in [-0.25, -0.2) is 17.8 Å². The number of pyridine rings is 1. The van der Waals surface area contributed by atoms with Gasteiger partial charge in [-0.1, -0.05) is 24.6 Å². The third kappa shape index (κ3) is 4.56. The fourth-order valence-electron chi connectivity index (χ4n) is 2.34. The minimum atomic E-state index is -3.82. The van der Waals surface area contributed by atoms with Crippen LogP contribution in [0.1, 0.15) is 36.2 Å². The van der Waals surface area contributed by atoms with Crippen molar-refractivity contribution in [3.63, 3.8) is 0 Å². The second-order valence-corrected chi connectivity index (χ2v) is 8.58. The third-order valence-electron chi connectivity index (χ3n) is 4.14. The van der Waals surface area contributed by atoms with Crippen LogP contribution in [0.25, 0.3) is 0 Å². The predicted molar refractivity (Wildman–Crippen MR) is 100 cm³/mol. The van der Waals surface area contributed by atoms with Crippen molar-refractivity contribution in [2.45, 2.75) is 37.1 Å². The lowest BCUT2D eigenvalue weighted by Crippen LogP contribution is -2.28. The maximum atomic E-state index is 13.8. The largest absolute Gasteiger partial charge is 0.494 e. The summed E-state index contributed by atoms with van der Waals surface area (Å²) >= 11 is 6.08. The molecule has 2 aromatic rings. The number of methoxy groups -OCH3 is 1. The molecule has 6 nitrogen and oxygen atoms in total. The molecule has 2 rings (SSSR count). The van der Waals surface area contributed by atoms with E-state index in [2.05, 4.69) is 10.3 Å². The van der Waals surface area contributed by atoms with Gasteiger partial charge in [0.2, 0.25) is 0 Å². The zero-order chi connectivity index (χ0) is 20.2. The molecular formula is C18H20ClFN2O4S. The van der Waals surface area contributed by atoms with Gasteiger partial charge < -0.3 is 10.1 Å². The van der Waals surface area contributed by atoms with E-state index in [-0.39, 0.29) is 27.9 Å². The van der Waals surface area contributed by atoms with Crippen LogP contribution in [0.4, 0.5) is 4.39 Å². The molecule has 0 spiro atoms. The van der Waals surface area contributed by atoms with Gasteiger partial charge in [-0.15, -0.1) is 0 Å². The number of nitrogens with one attached hydrogen (secondary N) is 1. The zero-order valence-corrected chi connectivity index (χ0v) is 16.7. The van der Waals surface area contributed by atoms with Gasteiger partial charge in [0.25, 0.3) is 5.91 Å². The van der Waals surface area contributed by atoms with Gasteiger partial charge in [0, 0.05) is 12.7 Å². The van der Waals surface area contributed by atoms with Crippen LogP contribution in [0.5, 0.6) is 5.75 Å². The fourth-order valence-corrected chi connectivity index (χ4v) is 4.14. The Bertz CT molecular complexity index is 950. The van der Waals surface area contributed by atoms with Gasteiger partial charge in [0.1, 0.15) is 0 Å². The monoisotopic (exact) mass is 414 g/mol. The molecule has 0 saturated carbocycles. The van der Waals surface area contributed by atoms with E-state index in [0.717, 1.165) is 0 Å². The first-order valence-corrected chi connectivity index (χ1v) is 10.1. The highest BCUT2D eigenvalue weighted by atomic mass is 35.5. The molecule has 1 aromatic heterocycles. The Morgan fingerprint density at radius 2 is 2.07 bits per heavy atom. The SMILES string of the molecule is CCC(C)S(=O)(=O)c1nccc(Cl)c1C(=O)NCc1ccc(OC)c(F)c1. The lowest BCUT2D eigenvalue weighted by Gasteiger charge is -2.15. The number of amides is 1. The van der Waals surface area contributed by atoms with E-state index in [0.29, 0.717) is 12.0 Å². The molecule has 1 unspecified atom stereocenters. The number of halogens is 2. The van der Waals surface area contributed by atoms with Crippen LogP contribution < -0.4 is 10.1 Å². The Labute approximate surface area is 162 Å². The fraction of sp³-hybridized carbons (Fsp3) is 0.333. The normalized spacial score (nSPS) is 12.5. The molecule has 9 heteroatoms. The lowest BCUT2D eigenvalue weighted by molar-refractivity contribution is 0.0947. The van der Waals surface area contributed by atoms with Crippen LogP contribution in [-0.4, -0.2) is 31.7 Å². The molecule has 0 saturated heterocycles. The van der Waals surface area contributed by atoms with Gasteiger partial charge in [0.15, 0.2) is 26.4 Å². The predicted octanol–water partition coefficient (Wildman–Crippen LogP) is 3.38. The number of carbonyl (C=O) groups is 1. The van der Waals surface area contributed by atoms with E-state index in [1.165, 1.54) is 31.5 Å². The molecule has 1 aromatic carbocycles. The molecule has 1 N–H and O–H groups in total. The number of nitrogens with zero attached hydrogens (tertiary/aromatic N) is 1. The summed E-state index contributed by atoms with van der Waals surface area (Å²) in [5, 5.41) is 1.46. The molecule has 0 aliphatic carbocycles. The molecule has 1 atom stereocenters. The molecule has 1 heterocycles. The summed E-state index contributed by atoms with van der Waals surface area (Å²) in [6, 6.07) is 5.59. The van der Waals surface area contributed by atoms with Gasteiger partial charge in [-0.2, -0.15) is 0 Å². The molecule has 0 bridgehead atoms. The number of carbonyl (C=O) groups excluding carboxylic acids is 1. The molecule has 0 radical (unpaired) electrons. The van der Waals surface area contributed by atoms with Crippen molar-refractivity contribution in [3.8, 4) is 5.75 Å². The molecule has 1 amide bonds. The minimum Gasteiger partial charge on any atom is -0.494 e. The van der Waals surface area contributed by atoms with Crippen molar-refractivity contribution < 1.29 is 22.3 Å². The van der Waals surface area contributed by atoms with Crippen molar-refractivity contribution in [1.82, 2.24) is 10.3 Å². The first-order valence-electron chi connectivity index (χ1n) is 8.21. The highest BCUT2D eigenvalue weighted by Gasteiger charge is 2.30. The first-order chi connectivity index (χ1) is 12.7. The second kappa shape index (κ2) is 8.67. The maximum Gasteiger partial charge on any atom is 0.256 e. The van der Waals surface area contributed by atoms with Gasteiger partial charge in [-0.3, -0.25) is 4.79 Å². The van der Waals surface area contributed by atoms with E-state index < -0.39 is 26.8 Å². The van der Waals surface area contributed by atoms with E-state index in [4.69, 9.17) is 16.3 Å². The summed E-state index contributed by atoms with van der Waals surface area (Å²) in [4.78, 5) is 16.5. The Morgan fingerprint density at radius 3 is 2.67 bits per heavy atom. The third-order valence-corrected chi connectivity index (χ3v) is 6.69. The number of ether oxygens (including phenoxy) is 1. The average molecular weight is 415 g/mol. The summed E-state index contributed by atoms with van der Waals surface area (Å²) in [6.07, 6.45) is 1.61. The van der Waals surface area contributed by atoms with E-state index >= 15 is 0 Å². The molecule has 0 aliphatic rings. The summed E-state index contributed by atoms with van der Waals surface area (Å²) in [6.45, 7) is 3.25. The lowest BCUT2D eigenvalue weighted by atomic mass is 10.2. The number of hydrogen-bond acceptors (Lipinski definition) is 5. The number of rotatable bonds is 7. The van der Waals surface area contributed by atoms with Crippen LogP contribution in [-0.2, 0) is 16.4 Å². The Morgan fingerprint density at radius 1 is 1.37 bits per heavy atom. The highest BCUT2D eigenvalue weighted by molar-refractivity contribution is 7.92. The van der Waals surface area contributed by atoms with Crippen LogP contribution in [0, 0.1) is 5.82 Å². The summed E-state index contributed by atoms with van der Waals surface area (Å²) < 4.78 is 43.9. The van der Waals surface area contributed by atoms with Gasteiger partial charge in [0.05, 0.1) is 22.9 Å². The number of aromatic nitrogens is 1. The van der Waals surface area contributed by atoms with Crippen molar-refractivity contribution in [2.24, 2.45) is 0 Å². The standard InChI is InChI=1S/C18H20ClFN2O4S/c1-4-11(2)27(24,25)18-16(13(19)7-8-21-18)17(23)22-10-12-5-6-15(26-3)14(20)9-12/h5-9,11H,4,10H2,1-3H3,(H,22,23). The average Bonchev–Trinajstić information content (AvgIpc) is 2.65. The van der Waals surface area contributed by atoms with Crippen molar-refractivity contribution in [3.05, 3.63) is 52.4 Å². The molecule has 27 heavy (non-hydrogen) atoms. The minimum absolute atomic E-state index is 0.0200. The number of hydrogen-bond donors (Lipinski definition) is 1. The summed E-state index contributed by atoms with van der Waals surface area (Å²) in [7, 11) is -2.47. The molecule has 0 aliphatic heterocycles. The second-order valence-electron chi connectivity index (χ2n) is 5.89. The van der Waals surface area contributed by atoms with Crippen molar-refractivity contribution >= 4 is 27.3 Å². The summed E-state index contributed by atoms with van der Waals surface area (Å²) in [5.41, 5.74) is 0.265. The Kier molecular flexibility index (Phi) is 6.78. The molecular weight excluding hydrogens is 395 g/mol. The zero-order valence-electron chi connectivity index (χ0n) is 15.1. The Balaban J connectivity index is 2.30. The van der Waals surface area contributed by atoms with Crippen LogP contribution >= 0.6 is 11.6 Å². The van der Waals surface area contributed by atoms with Crippen LogP contribution in [0.15, 0.2) is 35.5 Å². The smallest absolute Gasteiger partial charge is 0.256 e. The molecule has 0 fully saturated rings. The van der Waals surface area contributed by atoms with Crippen molar-refractivity contribution in [2.75, 3.05) is 7.11 Å². The van der Waals surface area contributed by atoms with Gasteiger partial charge in [-0.05, 0) is 37.1 Å². The van der Waals surface area contributed by atoms with Crippen LogP contribution in [0.2, 0.25) is 5.02 Å². The van der Waals surface area contributed by atoms with Crippen LogP contribution in [0.3, 0.4) is 0 Å². The van der Waals surface area contributed by atoms with Gasteiger partial charge >= 0.3 is 0 Å². The number of sulfone groups is 1. The maximum absolute atomic E-state index is 13.8. The molecule has 146 valence electrons. The quantitative estimate of drug-likeness (QED) is 0.750. The van der Waals surface area contributed by atoms with E-state index in [9.17, 15) is 17.6 Å².